The maximum atomic E-state index is 13.2. The van der Waals surface area contributed by atoms with Crippen molar-refractivity contribution >= 4 is 44.8 Å². The molecule has 0 bridgehead atoms. The summed E-state index contributed by atoms with van der Waals surface area (Å²) in [6, 6.07) is 8.85. The van der Waals surface area contributed by atoms with Gasteiger partial charge >= 0.3 is 0 Å². The van der Waals surface area contributed by atoms with Crippen LogP contribution in [0.15, 0.2) is 40.9 Å². The highest BCUT2D eigenvalue weighted by atomic mass is 79.9. The second kappa shape index (κ2) is 5.59. The molecule has 6 heteroatoms. The average molecular weight is 344 g/mol. The fourth-order valence-electron chi connectivity index (χ4n) is 1.45. The van der Waals surface area contributed by atoms with Crippen molar-refractivity contribution in [3.05, 3.63) is 57.3 Å². The van der Waals surface area contributed by atoms with Crippen molar-refractivity contribution in [2.75, 3.05) is 11.1 Å². The van der Waals surface area contributed by atoms with Crippen LogP contribution in [0.3, 0.4) is 0 Å². The summed E-state index contributed by atoms with van der Waals surface area (Å²) in [6.07, 6.45) is 0. The van der Waals surface area contributed by atoms with Gasteiger partial charge in [-0.05, 0) is 52.3 Å². The zero-order valence-electron chi connectivity index (χ0n) is 9.58. The molecule has 0 saturated heterocycles. The Bertz CT molecular complexity index is 649. The zero-order valence-corrected chi connectivity index (χ0v) is 11.9. The first-order valence-electron chi connectivity index (χ1n) is 5.29. The van der Waals surface area contributed by atoms with Gasteiger partial charge in [0.2, 0.25) is 0 Å². The van der Waals surface area contributed by atoms with Crippen molar-refractivity contribution in [3.8, 4) is 0 Å². The molecular formula is C13H9BrClFN2O. The first-order valence-corrected chi connectivity index (χ1v) is 6.46. The third-order valence-corrected chi connectivity index (χ3v) is 3.65. The number of carbonyl (C=O) groups is 1. The summed E-state index contributed by atoms with van der Waals surface area (Å²) in [7, 11) is 0. The molecule has 19 heavy (non-hydrogen) atoms. The maximum Gasteiger partial charge on any atom is 0.255 e. The van der Waals surface area contributed by atoms with Crippen LogP contribution in [0.5, 0.6) is 0 Å². The van der Waals surface area contributed by atoms with Crippen LogP contribution in [0, 0.1) is 5.82 Å². The van der Waals surface area contributed by atoms with Crippen molar-refractivity contribution in [3.63, 3.8) is 0 Å². The van der Waals surface area contributed by atoms with Crippen LogP contribution in [-0.2, 0) is 0 Å². The molecule has 0 radical (unpaired) electrons. The Morgan fingerprint density at radius 2 is 2.00 bits per heavy atom. The number of benzene rings is 2. The third-order valence-electron chi connectivity index (χ3n) is 2.44. The normalized spacial score (nSPS) is 10.3. The summed E-state index contributed by atoms with van der Waals surface area (Å²) < 4.78 is 13.9. The van der Waals surface area contributed by atoms with E-state index in [1.807, 2.05) is 0 Å². The summed E-state index contributed by atoms with van der Waals surface area (Å²) in [5.74, 6) is -0.934. The van der Waals surface area contributed by atoms with E-state index in [1.165, 1.54) is 12.1 Å². The molecule has 0 aliphatic carbocycles. The zero-order chi connectivity index (χ0) is 14.0. The largest absolute Gasteiger partial charge is 0.396 e. The van der Waals surface area contributed by atoms with Gasteiger partial charge in [0.1, 0.15) is 5.82 Å². The van der Waals surface area contributed by atoms with Gasteiger partial charge in [-0.25, -0.2) is 4.39 Å². The minimum absolute atomic E-state index is 0.0345. The number of hydrogen-bond donors (Lipinski definition) is 2. The predicted octanol–water partition coefficient (Wildman–Crippen LogP) is 4.08. The fraction of sp³-hybridized carbons (Fsp3) is 0. The van der Waals surface area contributed by atoms with Crippen LogP contribution < -0.4 is 11.1 Å². The smallest absolute Gasteiger partial charge is 0.255 e. The van der Waals surface area contributed by atoms with E-state index >= 15 is 0 Å². The van der Waals surface area contributed by atoms with Crippen LogP contribution in [-0.4, -0.2) is 5.91 Å². The predicted molar refractivity (Wildman–Crippen MR) is 77.9 cm³/mol. The number of carbonyl (C=O) groups excluding carboxylic acids is 1. The molecule has 2 rings (SSSR count). The van der Waals surface area contributed by atoms with Gasteiger partial charge in [-0.15, -0.1) is 0 Å². The molecule has 0 aromatic heterocycles. The molecule has 0 spiro atoms. The molecule has 3 nitrogen and oxygen atoms in total. The molecule has 0 fully saturated rings. The van der Waals surface area contributed by atoms with E-state index in [1.54, 1.807) is 18.2 Å². The third kappa shape index (κ3) is 3.24. The second-order valence-electron chi connectivity index (χ2n) is 3.82. The quantitative estimate of drug-likeness (QED) is 0.807. The summed E-state index contributed by atoms with van der Waals surface area (Å²) in [5, 5.41) is 3.08. The van der Waals surface area contributed by atoms with Gasteiger partial charge in [-0.3, -0.25) is 4.79 Å². The first kappa shape index (κ1) is 13.8. The first-order chi connectivity index (χ1) is 8.97. The molecule has 1 amide bonds. The van der Waals surface area contributed by atoms with Gasteiger partial charge in [-0.1, -0.05) is 11.6 Å². The van der Waals surface area contributed by atoms with Crippen molar-refractivity contribution < 1.29 is 9.18 Å². The van der Waals surface area contributed by atoms with Crippen LogP contribution in [0.25, 0.3) is 0 Å². The van der Waals surface area contributed by atoms with Crippen LogP contribution in [0.4, 0.5) is 15.8 Å². The number of halogens is 3. The lowest BCUT2D eigenvalue weighted by molar-refractivity contribution is 0.102. The Morgan fingerprint density at radius 1 is 1.26 bits per heavy atom. The van der Waals surface area contributed by atoms with E-state index in [-0.39, 0.29) is 11.6 Å². The van der Waals surface area contributed by atoms with Crippen molar-refractivity contribution in [1.82, 2.24) is 0 Å². The van der Waals surface area contributed by atoms with E-state index in [0.29, 0.717) is 20.7 Å². The molecule has 0 aliphatic heterocycles. The van der Waals surface area contributed by atoms with E-state index in [4.69, 9.17) is 17.3 Å². The molecule has 2 aromatic rings. The number of nitrogens with two attached hydrogens (primary N) is 1. The standard InChI is InChI=1S/C13H9BrClFN2O/c14-9-5-7(1-3-10(9)15)13(19)18-8-2-4-12(17)11(16)6-8/h1-6H,17H2,(H,18,19). The Labute approximate surface area is 122 Å². The van der Waals surface area contributed by atoms with E-state index in [9.17, 15) is 9.18 Å². The van der Waals surface area contributed by atoms with Crippen molar-refractivity contribution in [2.45, 2.75) is 0 Å². The van der Waals surface area contributed by atoms with Crippen LogP contribution in [0.1, 0.15) is 10.4 Å². The Hall–Kier alpha value is -1.59. The molecule has 0 heterocycles. The van der Waals surface area contributed by atoms with E-state index in [2.05, 4.69) is 21.2 Å². The molecule has 2 aromatic carbocycles. The molecule has 0 saturated carbocycles. The summed E-state index contributed by atoms with van der Waals surface area (Å²) in [4.78, 5) is 11.9. The topological polar surface area (TPSA) is 55.1 Å². The van der Waals surface area contributed by atoms with E-state index < -0.39 is 5.82 Å². The van der Waals surface area contributed by atoms with Crippen LogP contribution >= 0.6 is 27.5 Å². The van der Waals surface area contributed by atoms with Gasteiger partial charge < -0.3 is 11.1 Å². The fourth-order valence-corrected chi connectivity index (χ4v) is 1.94. The number of rotatable bonds is 2. The van der Waals surface area contributed by atoms with Crippen LogP contribution in [0.2, 0.25) is 5.02 Å². The Morgan fingerprint density at radius 3 is 2.63 bits per heavy atom. The number of nitrogens with one attached hydrogen (secondary N) is 1. The minimum Gasteiger partial charge on any atom is -0.396 e. The highest BCUT2D eigenvalue weighted by Crippen LogP contribution is 2.24. The molecule has 0 unspecified atom stereocenters. The number of anilines is 2. The van der Waals surface area contributed by atoms with Crippen molar-refractivity contribution in [2.24, 2.45) is 0 Å². The molecule has 98 valence electrons. The Kier molecular flexibility index (Phi) is 4.07. The molecule has 3 N–H and O–H groups in total. The van der Waals surface area contributed by atoms with Gasteiger partial charge in [0, 0.05) is 15.7 Å². The monoisotopic (exact) mass is 342 g/mol. The molecule has 0 aliphatic rings. The lowest BCUT2D eigenvalue weighted by Gasteiger charge is -2.07. The molecular weight excluding hydrogens is 335 g/mol. The van der Waals surface area contributed by atoms with Crippen molar-refractivity contribution in [1.29, 1.82) is 0 Å². The maximum absolute atomic E-state index is 13.2. The summed E-state index contributed by atoms with van der Waals surface area (Å²) >= 11 is 9.07. The van der Waals surface area contributed by atoms with E-state index in [0.717, 1.165) is 6.07 Å². The summed E-state index contributed by atoms with van der Waals surface area (Å²) in [6.45, 7) is 0. The SMILES string of the molecule is Nc1ccc(NC(=O)c2ccc(Cl)c(Br)c2)cc1F. The van der Waals surface area contributed by atoms with Gasteiger partial charge in [0.15, 0.2) is 0 Å². The number of nitrogen functional groups attached to an aromatic ring is 1. The molecule has 0 atom stereocenters. The minimum atomic E-state index is -0.574. The van der Waals surface area contributed by atoms with Gasteiger partial charge in [0.25, 0.3) is 5.91 Å². The van der Waals surface area contributed by atoms with Gasteiger partial charge in [0.05, 0.1) is 10.7 Å². The average Bonchev–Trinajstić information content (AvgIpc) is 2.37. The highest BCUT2D eigenvalue weighted by Gasteiger charge is 2.09. The lowest BCUT2D eigenvalue weighted by Crippen LogP contribution is -2.12. The van der Waals surface area contributed by atoms with Gasteiger partial charge in [-0.2, -0.15) is 0 Å². The second-order valence-corrected chi connectivity index (χ2v) is 5.08. The number of hydrogen-bond acceptors (Lipinski definition) is 2. The lowest BCUT2D eigenvalue weighted by atomic mass is 10.2. The summed E-state index contributed by atoms with van der Waals surface area (Å²) in [5.41, 5.74) is 6.14. The number of amides is 1. The highest BCUT2D eigenvalue weighted by molar-refractivity contribution is 9.10. The Balaban J connectivity index is 2.20.